The first kappa shape index (κ1) is 13.9. The summed E-state index contributed by atoms with van der Waals surface area (Å²) < 4.78 is -1.28. The molecular formula is C11H19Cl3O. The lowest BCUT2D eigenvalue weighted by atomic mass is 9.68. The van der Waals surface area contributed by atoms with E-state index in [9.17, 15) is 5.11 Å². The molecule has 1 nitrogen and oxygen atoms in total. The van der Waals surface area contributed by atoms with Gasteiger partial charge in [0.2, 0.25) is 0 Å². The van der Waals surface area contributed by atoms with Gasteiger partial charge in [-0.2, -0.15) is 0 Å². The van der Waals surface area contributed by atoms with Gasteiger partial charge in [0.1, 0.15) is 0 Å². The first-order valence-electron chi connectivity index (χ1n) is 5.42. The van der Waals surface area contributed by atoms with Crippen molar-refractivity contribution in [3.63, 3.8) is 0 Å². The Kier molecular flexibility index (Phi) is 4.26. The summed E-state index contributed by atoms with van der Waals surface area (Å²) in [6, 6.07) is 0. The molecular weight excluding hydrogens is 254 g/mol. The van der Waals surface area contributed by atoms with E-state index in [2.05, 4.69) is 13.8 Å². The van der Waals surface area contributed by atoms with Gasteiger partial charge in [0, 0.05) is 5.41 Å². The van der Waals surface area contributed by atoms with E-state index >= 15 is 0 Å². The quantitative estimate of drug-likeness (QED) is 0.711. The van der Waals surface area contributed by atoms with Crippen molar-refractivity contribution < 1.29 is 5.11 Å². The molecule has 0 saturated heterocycles. The van der Waals surface area contributed by atoms with Crippen LogP contribution in [-0.2, 0) is 0 Å². The molecule has 0 unspecified atom stereocenters. The average Bonchev–Trinajstić information content (AvgIpc) is 2.00. The summed E-state index contributed by atoms with van der Waals surface area (Å²) in [6.45, 7) is 6.21. The molecule has 1 aliphatic rings. The van der Waals surface area contributed by atoms with Crippen LogP contribution in [0.15, 0.2) is 0 Å². The predicted molar refractivity (Wildman–Crippen MR) is 66.6 cm³/mol. The minimum absolute atomic E-state index is 0.338. The minimum Gasteiger partial charge on any atom is -0.393 e. The highest BCUT2D eigenvalue weighted by Gasteiger charge is 2.49. The highest BCUT2D eigenvalue weighted by atomic mass is 35.6. The number of alkyl halides is 3. The monoisotopic (exact) mass is 272 g/mol. The highest BCUT2D eigenvalue weighted by molar-refractivity contribution is 6.68. The number of hydrogen-bond acceptors (Lipinski definition) is 1. The second-order valence-corrected chi connectivity index (χ2v) is 7.56. The lowest BCUT2D eigenvalue weighted by Gasteiger charge is -2.45. The van der Waals surface area contributed by atoms with Crippen molar-refractivity contribution >= 4 is 34.8 Å². The Morgan fingerprint density at radius 1 is 1.33 bits per heavy atom. The van der Waals surface area contributed by atoms with E-state index in [0.29, 0.717) is 18.3 Å². The van der Waals surface area contributed by atoms with Crippen LogP contribution in [0.5, 0.6) is 0 Å². The number of aliphatic hydroxyl groups excluding tert-OH is 1. The molecule has 0 heterocycles. The molecule has 0 aromatic carbocycles. The number of rotatable bonds is 1. The van der Waals surface area contributed by atoms with Crippen molar-refractivity contribution in [2.24, 2.45) is 17.3 Å². The first-order valence-corrected chi connectivity index (χ1v) is 6.55. The Hall–Kier alpha value is 0.830. The van der Waals surface area contributed by atoms with E-state index in [0.717, 1.165) is 12.8 Å². The van der Waals surface area contributed by atoms with Crippen molar-refractivity contribution in [3.8, 4) is 0 Å². The van der Waals surface area contributed by atoms with E-state index < -0.39 is 9.21 Å². The molecule has 0 spiro atoms. The van der Waals surface area contributed by atoms with Crippen LogP contribution in [0.1, 0.15) is 40.0 Å². The van der Waals surface area contributed by atoms with Gasteiger partial charge < -0.3 is 5.11 Å². The number of halogens is 3. The molecule has 4 heteroatoms. The third kappa shape index (κ3) is 2.94. The Labute approximate surface area is 107 Å². The minimum atomic E-state index is -1.28. The largest absolute Gasteiger partial charge is 0.393 e. The van der Waals surface area contributed by atoms with Gasteiger partial charge in [-0.1, -0.05) is 55.6 Å². The lowest BCUT2D eigenvalue weighted by molar-refractivity contribution is -0.00865. The molecule has 0 aliphatic heterocycles. The summed E-state index contributed by atoms with van der Waals surface area (Å²) in [5.41, 5.74) is -0.400. The maximum Gasteiger partial charge on any atom is 0.195 e. The summed E-state index contributed by atoms with van der Waals surface area (Å²) in [5, 5.41) is 10.1. The van der Waals surface area contributed by atoms with Gasteiger partial charge >= 0.3 is 0 Å². The summed E-state index contributed by atoms with van der Waals surface area (Å²) in [6.07, 6.45) is 2.03. The standard InChI is InChI=1S/C11H19Cl3O/c1-7(2)8-4-5-10(3,6-9(8)15)11(12,13)14/h7-9,15H,4-6H2,1-3H3/t8-,9+,10+/m0/s1. The zero-order valence-electron chi connectivity index (χ0n) is 9.43. The summed E-state index contributed by atoms with van der Waals surface area (Å²) in [7, 11) is 0. The molecule has 1 fully saturated rings. The van der Waals surface area contributed by atoms with E-state index in [1.165, 1.54) is 0 Å². The fraction of sp³-hybridized carbons (Fsp3) is 1.00. The van der Waals surface area contributed by atoms with Crippen molar-refractivity contribution in [1.82, 2.24) is 0 Å². The van der Waals surface area contributed by atoms with Crippen molar-refractivity contribution in [2.45, 2.75) is 49.9 Å². The van der Waals surface area contributed by atoms with Gasteiger partial charge in [0.15, 0.2) is 3.79 Å². The summed E-state index contributed by atoms with van der Waals surface area (Å²) >= 11 is 17.9. The molecule has 1 rings (SSSR count). The van der Waals surface area contributed by atoms with Crippen LogP contribution in [0.4, 0.5) is 0 Å². The van der Waals surface area contributed by atoms with E-state index in [-0.39, 0.29) is 6.10 Å². The Balaban J connectivity index is 2.73. The number of aliphatic hydroxyl groups is 1. The third-order valence-electron chi connectivity index (χ3n) is 3.72. The predicted octanol–water partition coefficient (Wildman–Crippen LogP) is 4.18. The van der Waals surface area contributed by atoms with E-state index in [1.807, 2.05) is 6.92 Å². The zero-order chi connectivity index (χ0) is 11.9. The van der Waals surface area contributed by atoms with Gasteiger partial charge in [-0.05, 0) is 31.1 Å². The van der Waals surface area contributed by atoms with Crippen LogP contribution in [0.3, 0.4) is 0 Å². The molecule has 90 valence electrons. The van der Waals surface area contributed by atoms with Gasteiger partial charge in [-0.3, -0.25) is 0 Å². The van der Waals surface area contributed by atoms with Crippen molar-refractivity contribution in [3.05, 3.63) is 0 Å². The SMILES string of the molecule is CC(C)[C@@H]1CC[C@@](C)(C(Cl)(Cl)Cl)C[C@H]1O. The zero-order valence-corrected chi connectivity index (χ0v) is 11.7. The van der Waals surface area contributed by atoms with Crippen LogP contribution in [0.2, 0.25) is 0 Å². The molecule has 0 aromatic heterocycles. The van der Waals surface area contributed by atoms with Crippen LogP contribution in [0, 0.1) is 17.3 Å². The maximum absolute atomic E-state index is 10.1. The van der Waals surface area contributed by atoms with E-state index in [4.69, 9.17) is 34.8 Å². The van der Waals surface area contributed by atoms with Gasteiger partial charge in [0.05, 0.1) is 6.10 Å². The summed E-state index contributed by atoms with van der Waals surface area (Å²) in [5.74, 6) is 0.824. The van der Waals surface area contributed by atoms with Crippen LogP contribution < -0.4 is 0 Å². The van der Waals surface area contributed by atoms with E-state index in [1.54, 1.807) is 0 Å². The molecule has 0 amide bonds. The molecule has 0 bridgehead atoms. The van der Waals surface area contributed by atoms with Crippen LogP contribution in [-0.4, -0.2) is 15.0 Å². The van der Waals surface area contributed by atoms with Gasteiger partial charge in [0.25, 0.3) is 0 Å². The molecule has 1 saturated carbocycles. The molecule has 0 aromatic rings. The van der Waals surface area contributed by atoms with Crippen molar-refractivity contribution in [2.75, 3.05) is 0 Å². The first-order chi connectivity index (χ1) is 6.67. The molecule has 3 atom stereocenters. The van der Waals surface area contributed by atoms with Crippen LogP contribution in [0.25, 0.3) is 0 Å². The van der Waals surface area contributed by atoms with Gasteiger partial charge in [-0.25, -0.2) is 0 Å². The van der Waals surface area contributed by atoms with Crippen molar-refractivity contribution in [1.29, 1.82) is 0 Å². The summed E-state index contributed by atoms with van der Waals surface area (Å²) in [4.78, 5) is 0. The topological polar surface area (TPSA) is 20.2 Å². The van der Waals surface area contributed by atoms with Crippen LogP contribution >= 0.6 is 34.8 Å². The Morgan fingerprint density at radius 3 is 2.20 bits per heavy atom. The molecule has 15 heavy (non-hydrogen) atoms. The third-order valence-corrected chi connectivity index (χ3v) is 5.09. The lowest BCUT2D eigenvalue weighted by Crippen LogP contribution is -2.44. The fourth-order valence-corrected chi connectivity index (χ4v) is 2.94. The molecule has 0 radical (unpaired) electrons. The fourth-order valence-electron chi connectivity index (χ4n) is 2.43. The number of hydrogen-bond donors (Lipinski definition) is 1. The maximum atomic E-state index is 10.1. The Morgan fingerprint density at radius 2 is 1.87 bits per heavy atom. The normalized spacial score (nSPS) is 38.4. The molecule has 1 N–H and O–H groups in total. The second kappa shape index (κ2) is 4.60. The Bertz CT molecular complexity index is 224. The second-order valence-electron chi connectivity index (χ2n) is 5.28. The average molecular weight is 274 g/mol. The van der Waals surface area contributed by atoms with Gasteiger partial charge in [-0.15, -0.1) is 0 Å². The molecule has 1 aliphatic carbocycles. The highest BCUT2D eigenvalue weighted by Crippen LogP contribution is 2.54. The smallest absolute Gasteiger partial charge is 0.195 e.